The number of benzene rings is 1. The fourth-order valence-electron chi connectivity index (χ4n) is 2.77. The van der Waals surface area contributed by atoms with Crippen molar-refractivity contribution in [3.05, 3.63) is 47.8 Å². The van der Waals surface area contributed by atoms with E-state index in [1.165, 1.54) is 0 Å². The van der Waals surface area contributed by atoms with Crippen LogP contribution in [0.2, 0.25) is 0 Å². The topological polar surface area (TPSA) is 60.1 Å². The summed E-state index contributed by atoms with van der Waals surface area (Å²) in [7, 11) is 3.58. The summed E-state index contributed by atoms with van der Waals surface area (Å²) in [5, 5.41) is 3.07. The second-order valence-electron chi connectivity index (χ2n) is 5.52. The van der Waals surface area contributed by atoms with Crippen molar-refractivity contribution in [3.8, 4) is 5.75 Å². The Kier molecular flexibility index (Phi) is 7.02. The first-order valence-electron chi connectivity index (χ1n) is 8.06. The van der Waals surface area contributed by atoms with Gasteiger partial charge in [-0.25, -0.2) is 0 Å². The van der Waals surface area contributed by atoms with Gasteiger partial charge in [-0.2, -0.15) is 0 Å². The molecule has 0 saturated carbocycles. The van der Waals surface area contributed by atoms with Crippen LogP contribution in [-0.4, -0.2) is 30.2 Å². The average molecular weight is 334 g/mol. The Balaban J connectivity index is 2.35. The smallest absolute Gasteiger partial charge is 0.173 e. The molecule has 2 unspecified atom stereocenters. The molecule has 1 aromatic heterocycles. The molecule has 5 heteroatoms. The van der Waals surface area contributed by atoms with Crippen LogP contribution >= 0.6 is 0 Å². The van der Waals surface area contributed by atoms with Gasteiger partial charge in [0.15, 0.2) is 10.1 Å². The number of rotatable bonds is 9. The van der Waals surface area contributed by atoms with E-state index in [2.05, 4.69) is 17.2 Å². The van der Waals surface area contributed by atoms with Crippen molar-refractivity contribution in [1.29, 1.82) is 0 Å². The summed E-state index contributed by atoms with van der Waals surface area (Å²) < 4.78 is 18.8. The van der Waals surface area contributed by atoms with Crippen LogP contribution in [0.1, 0.15) is 36.1 Å². The second-order valence-corrected chi connectivity index (χ2v) is 7.12. The number of ether oxygens (including phenoxy) is 1. The van der Waals surface area contributed by atoms with Crippen LogP contribution in [0, 0.1) is 0 Å². The summed E-state index contributed by atoms with van der Waals surface area (Å²) in [5.74, 6) is 0.800. The zero-order chi connectivity index (χ0) is 16.7. The first-order valence-corrected chi connectivity index (χ1v) is 9.28. The molecule has 2 N–H and O–H groups in total. The number of aryl methyl sites for hydroxylation is 1. The molecule has 0 radical (unpaired) electrons. The first kappa shape index (κ1) is 17.9. The highest BCUT2D eigenvalue weighted by Gasteiger charge is 2.31. The van der Waals surface area contributed by atoms with Crippen molar-refractivity contribution in [2.45, 2.75) is 36.3 Å². The molecule has 2 aromatic rings. The maximum Gasteiger partial charge on any atom is 0.173 e. The van der Waals surface area contributed by atoms with Crippen LogP contribution in [0.3, 0.4) is 0 Å². The third kappa shape index (κ3) is 4.31. The lowest BCUT2D eigenvalue weighted by molar-refractivity contribution is 0.407. The quantitative estimate of drug-likeness (QED) is 0.691. The van der Waals surface area contributed by atoms with E-state index in [0.717, 1.165) is 47.6 Å². The minimum absolute atomic E-state index is 0.0926. The van der Waals surface area contributed by atoms with Gasteiger partial charge in [-0.15, -0.1) is 0 Å². The average Bonchev–Trinajstić information content (AvgIpc) is 3.04. The van der Waals surface area contributed by atoms with Gasteiger partial charge in [-0.05, 0) is 37.3 Å². The maximum absolute atomic E-state index is 13.3. The highest BCUT2D eigenvalue weighted by molar-refractivity contribution is 7.91. The van der Waals surface area contributed by atoms with Crippen molar-refractivity contribution in [3.63, 3.8) is 0 Å². The highest BCUT2D eigenvalue weighted by Crippen LogP contribution is 2.37. The van der Waals surface area contributed by atoms with Crippen LogP contribution in [0.15, 0.2) is 41.6 Å². The van der Waals surface area contributed by atoms with Crippen molar-refractivity contribution in [1.82, 2.24) is 10.3 Å². The Morgan fingerprint density at radius 1 is 1.30 bits per heavy atom. The Hall–Kier alpha value is -1.43. The predicted molar refractivity (Wildman–Crippen MR) is 95.5 cm³/mol. The van der Waals surface area contributed by atoms with Crippen molar-refractivity contribution in [2.75, 3.05) is 20.7 Å². The molecule has 126 valence electrons. The minimum atomic E-state index is -1.12. The van der Waals surface area contributed by atoms with Gasteiger partial charge >= 0.3 is 0 Å². The lowest BCUT2D eigenvalue weighted by Gasteiger charge is -2.23. The van der Waals surface area contributed by atoms with Gasteiger partial charge in [0.25, 0.3) is 0 Å². The van der Waals surface area contributed by atoms with E-state index in [-0.39, 0.29) is 5.25 Å². The molecule has 1 heterocycles. The third-order valence-electron chi connectivity index (χ3n) is 3.93. The highest BCUT2D eigenvalue weighted by atomic mass is 32.2. The van der Waals surface area contributed by atoms with E-state index in [4.69, 9.17) is 4.74 Å². The van der Waals surface area contributed by atoms with Crippen molar-refractivity contribution in [2.24, 2.45) is 0 Å². The fourth-order valence-corrected chi connectivity index (χ4v) is 4.44. The second kappa shape index (κ2) is 9.01. The molecule has 0 spiro atoms. The fraction of sp³-hybridized carbons (Fsp3) is 0.444. The van der Waals surface area contributed by atoms with Crippen LogP contribution in [0.5, 0.6) is 5.75 Å². The minimum Gasteiger partial charge on any atom is -0.611 e. The van der Waals surface area contributed by atoms with Gasteiger partial charge in [-0.1, -0.05) is 31.5 Å². The summed E-state index contributed by atoms with van der Waals surface area (Å²) in [5.41, 5.74) is 2.16. The molecule has 2 atom stereocenters. The lowest BCUT2D eigenvalue weighted by atomic mass is 10.1. The molecule has 2 rings (SSSR count). The van der Waals surface area contributed by atoms with Crippen molar-refractivity contribution >= 4 is 11.2 Å². The van der Waals surface area contributed by atoms with Crippen LogP contribution in [-0.2, 0) is 17.6 Å². The Labute approximate surface area is 141 Å². The van der Waals surface area contributed by atoms with E-state index >= 15 is 0 Å². The van der Waals surface area contributed by atoms with Crippen LogP contribution in [0.4, 0.5) is 0 Å². The van der Waals surface area contributed by atoms with Gasteiger partial charge in [0.05, 0.1) is 13.3 Å². The molecule has 0 aliphatic rings. The van der Waals surface area contributed by atoms with Crippen molar-refractivity contribution < 1.29 is 9.29 Å². The molecule has 0 fully saturated rings. The number of methoxy groups -OCH3 is 1. The number of hydrogen-bond donors (Lipinski definition) is 2. The normalized spacial score (nSPS) is 13.7. The number of nitrogens with one attached hydrogen (secondary N) is 2. The number of aromatic nitrogens is 1. The zero-order valence-corrected chi connectivity index (χ0v) is 14.9. The van der Waals surface area contributed by atoms with Crippen LogP contribution in [0.25, 0.3) is 0 Å². The summed E-state index contributed by atoms with van der Waals surface area (Å²) in [4.78, 5) is 4.03. The Morgan fingerprint density at radius 2 is 2.09 bits per heavy atom. The number of hydrogen-bond acceptors (Lipinski definition) is 3. The van der Waals surface area contributed by atoms with E-state index in [0.29, 0.717) is 0 Å². The SMILES string of the molecule is CCCc1c[nH]cc1[S+]([O-])C(CCNC)c1ccccc1OC. The van der Waals surface area contributed by atoms with E-state index in [9.17, 15) is 4.55 Å². The Morgan fingerprint density at radius 3 is 2.78 bits per heavy atom. The molecule has 1 aromatic carbocycles. The number of H-pyrrole nitrogens is 1. The van der Waals surface area contributed by atoms with Crippen LogP contribution < -0.4 is 10.1 Å². The standard InChI is InChI=1S/C18H26N2O2S/c1-4-7-14-12-20-13-18(14)23(21)17(10-11-19-2)15-8-5-6-9-16(15)22-3/h5-6,8-9,12-13,17,19-20H,4,7,10-11H2,1-3H3. The molecular formula is C18H26N2O2S. The van der Waals surface area contributed by atoms with E-state index < -0.39 is 11.2 Å². The van der Waals surface area contributed by atoms with Gasteiger partial charge in [0.1, 0.15) is 5.75 Å². The molecule has 0 amide bonds. The van der Waals surface area contributed by atoms with Gasteiger partial charge in [0, 0.05) is 23.7 Å². The number of aromatic amines is 1. The molecule has 0 bridgehead atoms. The van der Waals surface area contributed by atoms with E-state index in [1.807, 2.05) is 43.7 Å². The lowest BCUT2D eigenvalue weighted by Crippen LogP contribution is -2.20. The largest absolute Gasteiger partial charge is 0.611 e. The molecule has 0 aliphatic heterocycles. The molecular weight excluding hydrogens is 308 g/mol. The zero-order valence-electron chi connectivity index (χ0n) is 14.1. The molecule has 23 heavy (non-hydrogen) atoms. The molecule has 0 saturated heterocycles. The molecule has 0 aliphatic carbocycles. The summed E-state index contributed by atoms with van der Waals surface area (Å²) >= 11 is -1.12. The predicted octanol–water partition coefficient (Wildman–Crippen LogP) is 3.43. The van der Waals surface area contributed by atoms with Gasteiger partial charge < -0.3 is 19.6 Å². The maximum atomic E-state index is 13.3. The summed E-state index contributed by atoms with van der Waals surface area (Å²) in [6.07, 6.45) is 6.62. The van der Waals surface area contributed by atoms with Gasteiger partial charge in [-0.3, -0.25) is 0 Å². The summed E-state index contributed by atoms with van der Waals surface area (Å²) in [6.45, 7) is 2.94. The third-order valence-corrected chi connectivity index (χ3v) is 5.75. The van der Waals surface area contributed by atoms with Gasteiger partial charge in [0.2, 0.25) is 0 Å². The van der Waals surface area contributed by atoms with E-state index in [1.54, 1.807) is 7.11 Å². The number of para-hydroxylation sites is 1. The summed E-state index contributed by atoms with van der Waals surface area (Å²) in [6, 6.07) is 7.87. The monoisotopic (exact) mass is 334 g/mol. The Bertz CT molecular complexity index is 600. The molecule has 4 nitrogen and oxygen atoms in total. The first-order chi connectivity index (χ1) is 11.2.